The first kappa shape index (κ1) is 12.3. The fourth-order valence-electron chi connectivity index (χ4n) is 1.62. The fraction of sp³-hybridized carbons (Fsp3) is 0.385. The van der Waals surface area contributed by atoms with Crippen molar-refractivity contribution in [2.24, 2.45) is 0 Å². The van der Waals surface area contributed by atoms with Crippen LogP contribution in [-0.4, -0.2) is 13.1 Å². The molecule has 15 heavy (non-hydrogen) atoms. The van der Waals surface area contributed by atoms with Crippen molar-refractivity contribution in [3.63, 3.8) is 0 Å². The van der Waals surface area contributed by atoms with Crippen LogP contribution >= 0.6 is 11.6 Å². The van der Waals surface area contributed by atoms with E-state index in [1.54, 1.807) is 0 Å². The molecule has 0 bridgehead atoms. The van der Waals surface area contributed by atoms with E-state index in [-0.39, 0.29) is 0 Å². The molecule has 0 aliphatic rings. The van der Waals surface area contributed by atoms with Gasteiger partial charge in [0.1, 0.15) is 0 Å². The molecule has 0 fully saturated rings. The maximum Gasteiger partial charge on any atom is 0.0435 e. The predicted octanol–water partition coefficient (Wildman–Crippen LogP) is 3.36. The number of hydrogen-bond donors (Lipinski definition) is 1. The van der Waals surface area contributed by atoms with Crippen LogP contribution in [-0.2, 0) is 6.42 Å². The van der Waals surface area contributed by atoms with Crippen LogP contribution in [0.3, 0.4) is 0 Å². The van der Waals surface area contributed by atoms with E-state index in [4.69, 9.17) is 11.6 Å². The monoisotopic (exact) mass is 223 g/mol. The molecule has 0 spiro atoms. The van der Waals surface area contributed by atoms with E-state index in [9.17, 15) is 0 Å². The molecule has 0 heterocycles. The molecule has 1 N–H and O–H groups in total. The van der Waals surface area contributed by atoms with Gasteiger partial charge in [-0.05, 0) is 44.0 Å². The number of likely N-dealkylation sites (N-methyl/N-ethyl adjacent to an activating group) is 1. The summed E-state index contributed by atoms with van der Waals surface area (Å²) in [6, 6.07) is 6.66. The number of rotatable bonds is 5. The molecular weight excluding hydrogens is 206 g/mol. The third-order valence-electron chi connectivity index (χ3n) is 2.56. The molecule has 0 aliphatic carbocycles. The summed E-state index contributed by atoms with van der Waals surface area (Å²) in [4.78, 5) is 0. The number of benzene rings is 1. The van der Waals surface area contributed by atoms with Gasteiger partial charge in [-0.1, -0.05) is 29.8 Å². The van der Waals surface area contributed by atoms with Gasteiger partial charge >= 0.3 is 0 Å². The Morgan fingerprint density at radius 1 is 1.53 bits per heavy atom. The Hall–Kier alpha value is -0.790. The molecule has 1 nitrogen and oxygen atoms in total. The zero-order valence-electron chi connectivity index (χ0n) is 9.39. The summed E-state index contributed by atoms with van der Waals surface area (Å²) >= 11 is 5.98. The van der Waals surface area contributed by atoms with E-state index >= 15 is 0 Å². The van der Waals surface area contributed by atoms with Gasteiger partial charge in [-0.15, -0.1) is 6.58 Å². The molecule has 2 heteroatoms. The minimum Gasteiger partial charge on any atom is -0.316 e. The highest BCUT2D eigenvalue weighted by atomic mass is 35.5. The molecule has 0 saturated carbocycles. The minimum absolute atomic E-state index is 0.461. The van der Waals surface area contributed by atoms with Crippen LogP contribution in [0.1, 0.15) is 17.5 Å². The highest BCUT2D eigenvalue weighted by molar-refractivity contribution is 6.31. The van der Waals surface area contributed by atoms with Gasteiger partial charge in [-0.3, -0.25) is 0 Å². The van der Waals surface area contributed by atoms with Crippen LogP contribution in [0.25, 0.3) is 0 Å². The molecule has 1 unspecified atom stereocenters. The molecule has 1 rings (SSSR count). The van der Waals surface area contributed by atoms with Crippen molar-refractivity contribution >= 4 is 11.6 Å². The largest absolute Gasteiger partial charge is 0.316 e. The van der Waals surface area contributed by atoms with E-state index in [1.807, 2.05) is 26.1 Å². The number of halogens is 1. The lowest BCUT2D eigenvalue weighted by atomic mass is 10.0. The van der Waals surface area contributed by atoms with Gasteiger partial charge in [0.25, 0.3) is 0 Å². The number of hydrogen-bond acceptors (Lipinski definition) is 1. The van der Waals surface area contributed by atoms with E-state index in [0.717, 1.165) is 23.4 Å². The molecule has 0 amide bonds. The summed E-state index contributed by atoms with van der Waals surface area (Å²) in [5.74, 6) is 0. The number of nitrogens with one attached hydrogen (secondary N) is 1. The molecule has 0 radical (unpaired) electrons. The summed E-state index contributed by atoms with van der Waals surface area (Å²) in [6.45, 7) is 5.80. The van der Waals surface area contributed by atoms with Crippen molar-refractivity contribution in [2.75, 3.05) is 7.05 Å². The van der Waals surface area contributed by atoms with Crippen LogP contribution in [0.15, 0.2) is 30.9 Å². The zero-order chi connectivity index (χ0) is 11.3. The van der Waals surface area contributed by atoms with Gasteiger partial charge in [-0.25, -0.2) is 0 Å². The fourth-order valence-corrected chi connectivity index (χ4v) is 1.74. The van der Waals surface area contributed by atoms with Crippen LogP contribution in [0.4, 0.5) is 0 Å². The number of aryl methyl sites for hydroxylation is 1. The summed E-state index contributed by atoms with van der Waals surface area (Å²) in [5.41, 5.74) is 2.46. The molecule has 1 aromatic rings. The van der Waals surface area contributed by atoms with Gasteiger partial charge in [-0.2, -0.15) is 0 Å². The lowest BCUT2D eigenvalue weighted by Crippen LogP contribution is -2.26. The molecule has 0 aliphatic heterocycles. The van der Waals surface area contributed by atoms with Gasteiger partial charge in [0.05, 0.1) is 0 Å². The van der Waals surface area contributed by atoms with E-state index in [1.165, 1.54) is 5.56 Å². The second-order valence-electron chi connectivity index (χ2n) is 3.80. The first-order valence-corrected chi connectivity index (χ1v) is 5.58. The molecule has 1 aromatic carbocycles. The normalized spacial score (nSPS) is 12.5. The van der Waals surface area contributed by atoms with Crippen molar-refractivity contribution in [3.05, 3.63) is 47.0 Å². The Morgan fingerprint density at radius 2 is 2.27 bits per heavy atom. The van der Waals surface area contributed by atoms with Crippen molar-refractivity contribution in [1.82, 2.24) is 5.32 Å². The molecular formula is C13H18ClN. The second kappa shape index (κ2) is 5.94. The van der Waals surface area contributed by atoms with Crippen LogP contribution in [0.2, 0.25) is 5.02 Å². The molecule has 0 aromatic heterocycles. The molecule has 0 saturated heterocycles. The van der Waals surface area contributed by atoms with E-state index in [0.29, 0.717) is 6.04 Å². The third-order valence-corrected chi connectivity index (χ3v) is 2.99. The average Bonchev–Trinajstić information content (AvgIpc) is 2.23. The summed E-state index contributed by atoms with van der Waals surface area (Å²) in [5, 5.41) is 4.12. The highest BCUT2D eigenvalue weighted by Gasteiger charge is 2.05. The van der Waals surface area contributed by atoms with Gasteiger partial charge in [0.15, 0.2) is 0 Å². The van der Waals surface area contributed by atoms with Gasteiger partial charge in [0.2, 0.25) is 0 Å². The summed E-state index contributed by atoms with van der Waals surface area (Å²) < 4.78 is 0. The smallest absolute Gasteiger partial charge is 0.0435 e. The maximum absolute atomic E-state index is 5.98. The molecule has 1 atom stereocenters. The molecule has 82 valence electrons. The lowest BCUT2D eigenvalue weighted by molar-refractivity contribution is 0.566. The van der Waals surface area contributed by atoms with Crippen molar-refractivity contribution in [2.45, 2.75) is 25.8 Å². The topological polar surface area (TPSA) is 12.0 Å². The highest BCUT2D eigenvalue weighted by Crippen LogP contribution is 2.17. The van der Waals surface area contributed by atoms with Gasteiger partial charge < -0.3 is 5.32 Å². The van der Waals surface area contributed by atoms with Crippen molar-refractivity contribution in [3.8, 4) is 0 Å². The Labute approximate surface area is 97.1 Å². The Morgan fingerprint density at radius 3 is 2.80 bits per heavy atom. The SMILES string of the molecule is C=CCC(Cc1ccc(Cl)c(C)c1)NC. The third kappa shape index (κ3) is 3.69. The standard InChI is InChI=1S/C13H18ClN/c1-4-5-12(15-3)9-11-6-7-13(14)10(2)8-11/h4,6-8,12,15H,1,5,9H2,2-3H3. The minimum atomic E-state index is 0.461. The Kier molecular flexibility index (Phi) is 4.86. The van der Waals surface area contributed by atoms with Gasteiger partial charge in [0, 0.05) is 11.1 Å². The van der Waals surface area contributed by atoms with Crippen LogP contribution in [0.5, 0.6) is 0 Å². The average molecular weight is 224 g/mol. The van der Waals surface area contributed by atoms with E-state index in [2.05, 4.69) is 24.0 Å². The Bertz CT molecular complexity index is 333. The quantitative estimate of drug-likeness (QED) is 0.755. The van der Waals surface area contributed by atoms with Crippen molar-refractivity contribution < 1.29 is 0 Å². The Balaban J connectivity index is 2.70. The maximum atomic E-state index is 5.98. The zero-order valence-corrected chi connectivity index (χ0v) is 10.1. The summed E-state index contributed by atoms with van der Waals surface area (Å²) in [7, 11) is 1.98. The van der Waals surface area contributed by atoms with E-state index < -0.39 is 0 Å². The predicted molar refractivity (Wildman–Crippen MR) is 67.6 cm³/mol. The summed E-state index contributed by atoms with van der Waals surface area (Å²) in [6.07, 6.45) is 3.95. The van der Waals surface area contributed by atoms with Crippen LogP contribution < -0.4 is 5.32 Å². The lowest BCUT2D eigenvalue weighted by Gasteiger charge is -2.14. The van der Waals surface area contributed by atoms with Crippen molar-refractivity contribution in [1.29, 1.82) is 0 Å². The second-order valence-corrected chi connectivity index (χ2v) is 4.20. The first-order valence-electron chi connectivity index (χ1n) is 5.20. The first-order chi connectivity index (χ1) is 7.17. The van der Waals surface area contributed by atoms with Crippen LogP contribution in [0, 0.1) is 6.92 Å².